The van der Waals surface area contributed by atoms with E-state index >= 15 is 0 Å². The van der Waals surface area contributed by atoms with Crippen LogP contribution in [0.25, 0.3) is 0 Å². The third-order valence-corrected chi connectivity index (χ3v) is 4.01. The van der Waals surface area contributed by atoms with Crippen molar-refractivity contribution in [2.24, 2.45) is 11.8 Å². The number of likely N-dealkylation sites (tertiary alicyclic amines) is 1. The summed E-state index contributed by atoms with van der Waals surface area (Å²) in [5, 5.41) is 0. The van der Waals surface area contributed by atoms with Crippen molar-refractivity contribution in [1.29, 1.82) is 0 Å². The van der Waals surface area contributed by atoms with Crippen molar-refractivity contribution in [3.05, 3.63) is 0 Å². The van der Waals surface area contributed by atoms with Crippen LogP contribution in [0.5, 0.6) is 0 Å². The maximum Gasteiger partial charge on any atom is 0.104 e. The van der Waals surface area contributed by atoms with Crippen LogP contribution in [-0.4, -0.2) is 30.2 Å². The van der Waals surface area contributed by atoms with E-state index in [-0.39, 0.29) is 0 Å². The molecule has 0 aromatic carbocycles. The second kappa shape index (κ2) is 3.56. The Bertz CT molecular complexity index is 183. The minimum Gasteiger partial charge on any atom is -0.300 e. The lowest BCUT2D eigenvalue weighted by molar-refractivity contribution is 0.202. The first kappa shape index (κ1) is 9.45. The van der Waals surface area contributed by atoms with E-state index in [1.54, 1.807) is 0 Å². The molecule has 1 saturated carbocycles. The molecule has 0 N–H and O–H groups in total. The first-order valence-corrected chi connectivity index (χ1v) is 5.60. The van der Waals surface area contributed by atoms with Crippen molar-refractivity contribution in [3.63, 3.8) is 0 Å². The van der Waals surface area contributed by atoms with Crippen LogP contribution in [0, 0.1) is 11.8 Å². The molecule has 2 fully saturated rings. The van der Waals surface area contributed by atoms with Gasteiger partial charge < -0.3 is 0 Å². The molecular formula is C11H20FN. The molecular weight excluding hydrogens is 165 g/mol. The molecule has 1 aliphatic heterocycles. The van der Waals surface area contributed by atoms with Crippen LogP contribution in [0.4, 0.5) is 4.39 Å². The highest BCUT2D eigenvalue weighted by Crippen LogP contribution is 2.40. The zero-order chi connectivity index (χ0) is 9.42. The molecule has 2 rings (SSSR count). The van der Waals surface area contributed by atoms with E-state index < -0.39 is 6.17 Å². The number of rotatable bonds is 2. The average Bonchev–Trinajstić information content (AvgIpc) is 2.67. The van der Waals surface area contributed by atoms with Crippen molar-refractivity contribution in [2.45, 2.75) is 45.3 Å². The molecule has 0 aromatic rings. The van der Waals surface area contributed by atoms with Gasteiger partial charge in [0.15, 0.2) is 0 Å². The third-order valence-electron chi connectivity index (χ3n) is 4.01. The smallest absolute Gasteiger partial charge is 0.104 e. The zero-order valence-corrected chi connectivity index (χ0v) is 8.67. The van der Waals surface area contributed by atoms with E-state index in [0.29, 0.717) is 17.9 Å². The van der Waals surface area contributed by atoms with E-state index in [1.807, 2.05) is 0 Å². The number of hydrogen-bond acceptors (Lipinski definition) is 1. The van der Waals surface area contributed by atoms with Crippen LogP contribution >= 0.6 is 0 Å². The fourth-order valence-corrected chi connectivity index (χ4v) is 2.85. The number of hydrogen-bond donors (Lipinski definition) is 0. The number of halogens is 1. The fraction of sp³-hybridized carbons (Fsp3) is 1.00. The maximum atomic E-state index is 13.4. The van der Waals surface area contributed by atoms with Crippen molar-refractivity contribution in [3.8, 4) is 0 Å². The van der Waals surface area contributed by atoms with E-state index in [1.165, 1.54) is 6.42 Å². The molecule has 1 saturated heterocycles. The zero-order valence-electron chi connectivity index (χ0n) is 8.67. The molecule has 4 atom stereocenters. The molecule has 2 heteroatoms. The lowest BCUT2D eigenvalue weighted by Crippen LogP contribution is -2.31. The lowest BCUT2D eigenvalue weighted by Gasteiger charge is -2.23. The van der Waals surface area contributed by atoms with E-state index in [4.69, 9.17) is 0 Å². The Morgan fingerprint density at radius 1 is 1.38 bits per heavy atom. The van der Waals surface area contributed by atoms with Gasteiger partial charge in [0.25, 0.3) is 0 Å². The van der Waals surface area contributed by atoms with Gasteiger partial charge >= 0.3 is 0 Å². The number of fused-ring (bicyclic) bond motifs is 1. The van der Waals surface area contributed by atoms with Crippen LogP contribution in [0.1, 0.15) is 33.1 Å². The highest BCUT2D eigenvalue weighted by molar-refractivity contribution is 4.94. The molecule has 0 bridgehead atoms. The normalized spacial score (nSPS) is 42.2. The van der Waals surface area contributed by atoms with E-state index in [0.717, 1.165) is 25.9 Å². The molecule has 4 unspecified atom stereocenters. The van der Waals surface area contributed by atoms with Gasteiger partial charge in [-0.3, -0.25) is 4.90 Å². The Morgan fingerprint density at radius 3 is 2.77 bits per heavy atom. The topological polar surface area (TPSA) is 3.24 Å². The predicted molar refractivity (Wildman–Crippen MR) is 52.4 cm³/mol. The molecule has 76 valence electrons. The lowest BCUT2D eigenvalue weighted by atomic mass is 10.0. The summed E-state index contributed by atoms with van der Waals surface area (Å²) in [6.07, 6.45) is 2.64. The minimum absolute atomic E-state index is 0.369. The molecule has 1 nitrogen and oxygen atoms in total. The van der Waals surface area contributed by atoms with Crippen LogP contribution in [0.3, 0.4) is 0 Å². The van der Waals surface area contributed by atoms with Crippen LogP contribution < -0.4 is 0 Å². The first-order valence-electron chi connectivity index (χ1n) is 5.60. The van der Waals surface area contributed by atoms with Crippen molar-refractivity contribution in [2.75, 3.05) is 13.1 Å². The Morgan fingerprint density at radius 2 is 2.15 bits per heavy atom. The standard InChI is InChI=1S/C11H20FN/c1-3-8(2)13-6-9-4-5-11(12)10(9)7-13/h8-11H,3-7H2,1-2H3. The van der Waals surface area contributed by atoms with Crippen molar-refractivity contribution in [1.82, 2.24) is 4.90 Å². The van der Waals surface area contributed by atoms with Gasteiger partial charge in [0, 0.05) is 25.0 Å². The van der Waals surface area contributed by atoms with E-state index in [9.17, 15) is 4.39 Å². The number of alkyl halides is 1. The van der Waals surface area contributed by atoms with Crippen LogP contribution in [0.2, 0.25) is 0 Å². The second-order valence-corrected chi connectivity index (χ2v) is 4.73. The highest BCUT2D eigenvalue weighted by atomic mass is 19.1. The van der Waals surface area contributed by atoms with Gasteiger partial charge in [-0.25, -0.2) is 4.39 Å². The predicted octanol–water partition coefficient (Wildman–Crippen LogP) is 2.46. The maximum absolute atomic E-state index is 13.4. The summed E-state index contributed by atoms with van der Waals surface area (Å²) in [7, 11) is 0. The monoisotopic (exact) mass is 185 g/mol. The second-order valence-electron chi connectivity index (χ2n) is 4.73. The largest absolute Gasteiger partial charge is 0.300 e. The summed E-state index contributed by atoms with van der Waals surface area (Å²) in [6.45, 7) is 6.64. The summed E-state index contributed by atoms with van der Waals surface area (Å²) >= 11 is 0. The molecule has 0 aromatic heterocycles. The Kier molecular flexibility index (Phi) is 2.59. The highest BCUT2D eigenvalue weighted by Gasteiger charge is 2.43. The van der Waals surface area contributed by atoms with Gasteiger partial charge in [-0.15, -0.1) is 0 Å². The average molecular weight is 185 g/mol. The summed E-state index contributed by atoms with van der Waals surface area (Å²) in [6, 6.07) is 0.651. The van der Waals surface area contributed by atoms with E-state index in [2.05, 4.69) is 18.7 Å². The summed E-state index contributed by atoms with van der Waals surface area (Å²) in [4.78, 5) is 2.47. The molecule has 1 heterocycles. The van der Waals surface area contributed by atoms with Gasteiger partial charge in [0.2, 0.25) is 0 Å². The first-order chi connectivity index (χ1) is 6.22. The molecule has 0 radical (unpaired) electrons. The van der Waals surface area contributed by atoms with Crippen molar-refractivity contribution >= 4 is 0 Å². The Hall–Kier alpha value is -0.110. The molecule has 1 aliphatic carbocycles. The molecule has 13 heavy (non-hydrogen) atoms. The van der Waals surface area contributed by atoms with Gasteiger partial charge in [0.05, 0.1) is 0 Å². The molecule has 0 spiro atoms. The third kappa shape index (κ3) is 1.61. The Labute approximate surface area is 80.3 Å². The molecule has 2 aliphatic rings. The summed E-state index contributed by atoms with van der Waals surface area (Å²) < 4.78 is 13.4. The van der Waals surface area contributed by atoms with Crippen LogP contribution in [0.15, 0.2) is 0 Å². The van der Waals surface area contributed by atoms with Gasteiger partial charge in [-0.2, -0.15) is 0 Å². The van der Waals surface area contributed by atoms with Gasteiger partial charge in [-0.1, -0.05) is 6.92 Å². The SMILES string of the molecule is CCC(C)N1CC2CCC(F)C2C1. The fourth-order valence-electron chi connectivity index (χ4n) is 2.85. The van der Waals surface area contributed by atoms with Crippen LogP contribution in [-0.2, 0) is 0 Å². The Balaban J connectivity index is 1.94. The minimum atomic E-state index is -0.501. The summed E-state index contributed by atoms with van der Waals surface area (Å²) in [5.74, 6) is 1.04. The molecule has 0 amide bonds. The van der Waals surface area contributed by atoms with Gasteiger partial charge in [-0.05, 0) is 32.1 Å². The van der Waals surface area contributed by atoms with Gasteiger partial charge in [0.1, 0.15) is 6.17 Å². The number of nitrogens with zero attached hydrogens (tertiary/aromatic N) is 1. The van der Waals surface area contributed by atoms with Crippen molar-refractivity contribution < 1.29 is 4.39 Å². The quantitative estimate of drug-likeness (QED) is 0.639. The summed E-state index contributed by atoms with van der Waals surface area (Å²) in [5.41, 5.74) is 0.